The molecule has 0 saturated carbocycles. The van der Waals surface area contributed by atoms with Crippen LogP contribution in [-0.2, 0) is 6.42 Å². The Morgan fingerprint density at radius 3 is 2.94 bits per heavy atom. The van der Waals surface area contributed by atoms with Gasteiger partial charge in [0.1, 0.15) is 11.6 Å². The zero-order chi connectivity index (χ0) is 11.4. The van der Waals surface area contributed by atoms with Crippen molar-refractivity contribution in [1.29, 1.82) is 0 Å². The molecule has 84 valence electrons. The van der Waals surface area contributed by atoms with Crippen molar-refractivity contribution in [2.45, 2.75) is 6.42 Å². The molecule has 1 N–H and O–H groups in total. The highest BCUT2D eigenvalue weighted by molar-refractivity contribution is 9.11. The zero-order valence-electron chi connectivity index (χ0n) is 8.41. The molecular formula is C11H10Br2N2O. The zero-order valence-corrected chi connectivity index (χ0v) is 11.6. The number of furan rings is 1. The fourth-order valence-corrected chi connectivity index (χ4v) is 2.43. The smallest absolute Gasteiger partial charge is 0.140 e. The Morgan fingerprint density at radius 1 is 1.38 bits per heavy atom. The molecule has 0 aliphatic carbocycles. The van der Waals surface area contributed by atoms with Crippen molar-refractivity contribution in [3.05, 3.63) is 45.4 Å². The Morgan fingerprint density at radius 2 is 2.25 bits per heavy atom. The van der Waals surface area contributed by atoms with E-state index in [1.807, 2.05) is 18.2 Å². The summed E-state index contributed by atoms with van der Waals surface area (Å²) < 4.78 is 7.14. The van der Waals surface area contributed by atoms with Gasteiger partial charge in [0.15, 0.2) is 0 Å². The van der Waals surface area contributed by atoms with Crippen molar-refractivity contribution < 1.29 is 4.42 Å². The monoisotopic (exact) mass is 344 g/mol. The topological polar surface area (TPSA) is 38.1 Å². The second-order valence-corrected chi connectivity index (χ2v) is 5.01. The predicted molar refractivity (Wildman–Crippen MR) is 70.5 cm³/mol. The van der Waals surface area contributed by atoms with Crippen LogP contribution in [-0.4, -0.2) is 11.5 Å². The van der Waals surface area contributed by atoms with Crippen LogP contribution >= 0.6 is 31.9 Å². The molecular weight excluding hydrogens is 336 g/mol. The maximum absolute atomic E-state index is 5.24. The van der Waals surface area contributed by atoms with Crippen LogP contribution in [0.1, 0.15) is 5.76 Å². The molecule has 0 fully saturated rings. The Balaban J connectivity index is 1.90. The van der Waals surface area contributed by atoms with Crippen LogP contribution in [0.25, 0.3) is 0 Å². The molecule has 3 nitrogen and oxygen atoms in total. The highest BCUT2D eigenvalue weighted by atomic mass is 79.9. The molecule has 0 unspecified atom stereocenters. The number of nitrogens with zero attached hydrogens (tertiary/aromatic N) is 1. The van der Waals surface area contributed by atoms with Crippen molar-refractivity contribution in [2.24, 2.45) is 0 Å². The number of hydrogen-bond donors (Lipinski definition) is 1. The van der Waals surface area contributed by atoms with Gasteiger partial charge in [-0.2, -0.15) is 0 Å². The Bertz CT molecular complexity index is 457. The first-order chi connectivity index (χ1) is 7.75. The lowest BCUT2D eigenvalue weighted by Gasteiger charge is -2.06. The summed E-state index contributed by atoms with van der Waals surface area (Å²) in [7, 11) is 0. The second-order valence-electron chi connectivity index (χ2n) is 3.24. The minimum absolute atomic E-state index is 0.792. The summed E-state index contributed by atoms with van der Waals surface area (Å²) in [6.07, 6.45) is 4.29. The van der Waals surface area contributed by atoms with Gasteiger partial charge in [0.25, 0.3) is 0 Å². The number of anilines is 1. The third kappa shape index (κ3) is 3.09. The summed E-state index contributed by atoms with van der Waals surface area (Å²) in [5.41, 5.74) is 0. The second kappa shape index (κ2) is 5.50. The molecule has 0 aliphatic heterocycles. The van der Waals surface area contributed by atoms with Gasteiger partial charge >= 0.3 is 0 Å². The van der Waals surface area contributed by atoms with Crippen LogP contribution in [0.5, 0.6) is 0 Å². The van der Waals surface area contributed by atoms with E-state index in [1.54, 1.807) is 12.5 Å². The van der Waals surface area contributed by atoms with E-state index in [1.165, 1.54) is 0 Å². The first-order valence-corrected chi connectivity index (χ1v) is 6.41. The largest absolute Gasteiger partial charge is 0.469 e. The lowest BCUT2D eigenvalue weighted by Crippen LogP contribution is -2.06. The van der Waals surface area contributed by atoms with Crippen molar-refractivity contribution >= 4 is 37.7 Å². The summed E-state index contributed by atoms with van der Waals surface area (Å²) in [6, 6.07) is 5.82. The Labute approximate surface area is 111 Å². The van der Waals surface area contributed by atoms with E-state index in [2.05, 4.69) is 42.2 Å². The molecule has 0 spiro atoms. The Kier molecular flexibility index (Phi) is 4.01. The third-order valence-corrected chi connectivity index (χ3v) is 3.09. The molecule has 2 aromatic heterocycles. The number of halogens is 2. The van der Waals surface area contributed by atoms with Crippen LogP contribution in [0.4, 0.5) is 5.82 Å². The van der Waals surface area contributed by atoms with E-state index in [0.29, 0.717) is 0 Å². The van der Waals surface area contributed by atoms with E-state index < -0.39 is 0 Å². The minimum Gasteiger partial charge on any atom is -0.469 e. The lowest BCUT2D eigenvalue weighted by molar-refractivity contribution is 0.513. The Hall–Kier alpha value is -0.810. The van der Waals surface area contributed by atoms with Gasteiger partial charge < -0.3 is 9.73 Å². The maximum atomic E-state index is 5.24. The standard InChI is InChI=1S/C11H10Br2N2O/c12-8-6-10(13)11(15-7-8)14-4-3-9-2-1-5-16-9/h1-2,5-7H,3-4H2,(H,14,15). The van der Waals surface area contributed by atoms with E-state index >= 15 is 0 Å². The average Bonchev–Trinajstić information content (AvgIpc) is 2.74. The van der Waals surface area contributed by atoms with Gasteiger partial charge in [-0.05, 0) is 50.1 Å². The van der Waals surface area contributed by atoms with Crippen molar-refractivity contribution in [3.8, 4) is 0 Å². The molecule has 2 heterocycles. The summed E-state index contributed by atoms with van der Waals surface area (Å²) in [5, 5.41) is 3.24. The fourth-order valence-electron chi connectivity index (χ4n) is 1.30. The highest BCUT2D eigenvalue weighted by Gasteiger charge is 2.02. The highest BCUT2D eigenvalue weighted by Crippen LogP contribution is 2.23. The summed E-state index contributed by atoms with van der Waals surface area (Å²) in [5.74, 6) is 1.82. The molecule has 0 radical (unpaired) electrons. The first-order valence-electron chi connectivity index (χ1n) is 4.83. The van der Waals surface area contributed by atoms with Crippen LogP contribution in [0.15, 0.2) is 44.0 Å². The molecule has 0 bridgehead atoms. The maximum Gasteiger partial charge on any atom is 0.140 e. The average molecular weight is 346 g/mol. The van der Waals surface area contributed by atoms with Crippen LogP contribution in [0.2, 0.25) is 0 Å². The van der Waals surface area contributed by atoms with Crippen molar-refractivity contribution in [3.63, 3.8) is 0 Å². The molecule has 0 aliphatic rings. The van der Waals surface area contributed by atoms with Crippen molar-refractivity contribution in [2.75, 3.05) is 11.9 Å². The predicted octanol–water partition coefficient (Wildman–Crippen LogP) is 3.85. The molecule has 2 rings (SSSR count). The SMILES string of the molecule is Brc1cnc(NCCc2ccco2)c(Br)c1. The third-order valence-electron chi connectivity index (χ3n) is 2.05. The molecule has 0 atom stereocenters. The lowest BCUT2D eigenvalue weighted by atomic mass is 10.3. The van der Waals surface area contributed by atoms with Gasteiger partial charge in [0.2, 0.25) is 0 Å². The summed E-state index contributed by atoms with van der Waals surface area (Å²) in [4.78, 5) is 4.26. The van der Waals surface area contributed by atoms with Crippen LogP contribution in [0, 0.1) is 0 Å². The molecule has 16 heavy (non-hydrogen) atoms. The van der Waals surface area contributed by atoms with E-state index in [4.69, 9.17) is 4.42 Å². The van der Waals surface area contributed by atoms with Gasteiger partial charge in [-0.3, -0.25) is 0 Å². The van der Waals surface area contributed by atoms with E-state index in [-0.39, 0.29) is 0 Å². The fraction of sp³-hybridized carbons (Fsp3) is 0.182. The summed E-state index contributed by atoms with van der Waals surface area (Å²) >= 11 is 6.81. The number of pyridine rings is 1. The van der Waals surface area contributed by atoms with Gasteiger partial charge in [-0.15, -0.1) is 0 Å². The molecule has 2 aromatic rings. The van der Waals surface area contributed by atoms with Crippen LogP contribution < -0.4 is 5.32 Å². The molecule has 0 aromatic carbocycles. The van der Waals surface area contributed by atoms with Gasteiger partial charge in [-0.1, -0.05) is 0 Å². The van der Waals surface area contributed by atoms with E-state index in [9.17, 15) is 0 Å². The number of nitrogens with one attached hydrogen (secondary N) is 1. The first kappa shape index (κ1) is 11.7. The minimum atomic E-state index is 0.792. The normalized spacial score (nSPS) is 10.4. The van der Waals surface area contributed by atoms with Gasteiger partial charge in [-0.25, -0.2) is 4.98 Å². The number of aromatic nitrogens is 1. The quantitative estimate of drug-likeness (QED) is 0.914. The molecule has 5 heteroatoms. The molecule has 0 amide bonds. The summed E-state index contributed by atoms with van der Waals surface area (Å²) in [6.45, 7) is 0.792. The van der Waals surface area contributed by atoms with E-state index in [0.717, 1.165) is 33.5 Å². The molecule has 0 saturated heterocycles. The van der Waals surface area contributed by atoms with Crippen molar-refractivity contribution in [1.82, 2.24) is 4.98 Å². The number of rotatable bonds is 4. The van der Waals surface area contributed by atoms with Gasteiger partial charge in [0, 0.05) is 23.6 Å². The number of hydrogen-bond acceptors (Lipinski definition) is 3. The van der Waals surface area contributed by atoms with Gasteiger partial charge in [0.05, 0.1) is 10.7 Å². The van der Waals surface area contributed by atoms with Crippen LogP contribution in [0.3, 0.4) is 0 Å².